The van der Waals surface area contributed by atoms with Crippen LogP contribution in [0.15, 0.2) is 24.5 Å². The minimum Gasteiger partial charge on any atom is -0.479 e. The van der Waals surface area contributed by atoms with E-state index in [1.165, 1.54) is 4.68 Å². The van der Waals surface area contributed by atoms with Crippen molar-refractivity contribution in [3.63, 3.8) is 0 Å². The molecule has 19 heavy (non-hydrogen) atoms. The number of carboxylic acids is 1. The van der Waals surface area contributed by atoms with Crippen molar-refractivity contribution in [2.75, 3.05) is 0 Å². The molecule has 2 rings (SSSR count). The van der Waals surface area contributed by atoms with Gasteiger partial charge in [-0.05, 0) is 35.4 Å². The Bertz CT molecular complexity index is 563. The van der Waals surface area contributed by atoms with Crippen molar-refractivity contribution >= 4 is 5.97 Å². The Hall–Kier alpha value is -2.31. The molecule has 7 nitrogen and oxygen atoms in total. The number of hydrogen-bond donors (Lipinski definition) is 1. The summed E-state index contributed by atoms with van der Waals surface area (Å²) in [6.07, 6.45) is 4.05. The highest BCUT2D eigenvalue weighted by Gasteiger charge is 2.40. The van der Waals surface area contributed by atoms with E-state index >= 15 is 0 Å². The van der Waals surface area contributed by atoms with Crippen LogP contribution < -0.4 is 0 Å². The SMILES string of the molecule is CCC(CC)(C(=O)O)n1nnnc1-c1cccnc1. The topological polar surface area (TPSA) is 93.8 Å². The van der Waals surface area contributed by atoms with Crippen molar-refractivity contribution in [2.45, 2.75) is 32.2 Å². The summed E-state index contributed by atoms with van der Waals surface area (Å²) in [5.41, 5.74) is -0.436. The Morgan fingerprint density at radius 2 is 2.16 bits per heavy atom. The van der Waals surface area contributed by atoms with Crippen molar-refractivity contribution < 1.29 is 9.90 Å². The monoisotopic (exact) mass is 261 g/mol. The van der Waals surface area contributed by atoms with Crippen molar-refractivity contribution in [3.05, 3.63) is 24.5 Å². The molecule has 0 aliphatic heterocycles. The van der Waals surface area contributed by atoms with Crippen LogP contribution in [0.3, 0.4) is 0 Å². The van der Waals surface area contributed by atoms with Gasteiger partial charge in [0.2, 0.25) is 0 Å². The van der Waals surface area contributed by atoms with Crippen LogP contribution in [0.1, 0.15) is 26.7 Å². The summed E-state index contributed by atoms with van der Waals surface area (Å²) < 4.78 is 1.38. The highest BCUT2D eigenvalue weighted by atomic mass is 16.4. The zero-order valence-corrected chi connectivity index (χ0v) is 10.8. The number of carboxylic acid groups (broad SMARTS) is 1. The molecule has 0 unspecified atom stereocenters. The van der Waals surface area contributed by atoms with E-state index in [0.29, 0.717) is 24.2 Å². The normalized spacial score (nSPS) is 11.5. The molecule has 2 heterocycles. The predicted molar refractivity (Wildman–Crippen MR) is 67.2 cm³/mol. The maximum absolute atomic E-state index is 11.6. The molecule has 0 saturated carbocycles. The molecule has 0 atom stereocenters. The first kappa shape index (κ1) is 13.1. The van der Waals surface area contributed by atoms with E-state index in [0.717, 1.165) is 0 Å². The third kappa shape index (κ3) is 2.07. The number of carbonyl (C=O) groups is 1. The number of nitrogens with zero attached hydrogens (tertiary/aromatic N) is 5. The van der Waals surface area contributed by atoms with E-state index in [1.807, 2.05) is 13.8 Å². The second kappa shape index (κ2) is 5.13. The number of rotatable bonds is 5. The van der Waals surface area contributed by atoms with Gasteiger partial charge in [0.05, 0.1) is 0 Å². The van der Waals surface area contributed by atoms with Crippen molar-refractivity contribution in [2.24, 2.45) is 0 Å². The fraction of sp³-hybridized carbons (Fsp3) is 0.417. The molecule has 7 heteroatoms. The van der Waals surface area contributed by atoms with Gasteiger partial charge in [0, 0.05) is 18.0 Å². The second-order valence-corrected chi connectivity index (χ2v) is 4.20. The summed E-state index contributed by atoms with van der Waals surface area (Å²) in [7, 11) is 0. The first-order valence-electron chi connectivity index (χ1n) is 6.08. The molecule has 0 aliphatic carbocycles. The number of aliphatic carboxylic acids is 1. The van der Waals surface area contributed by atoms with Crippen molar-refractivity contribution in [1.82, 2.24) is 25.2 Å². The van der Waals surface area contributed by atoms with Crippen LogP contribution in [-0.2, 0) is 10.3 Å². The molecule has 100 valence electrons. The van der Waals surface area contributed by atoms with E-state index in [-0.39, 0.29) is 0 Å². The molecule has 0 radical (unpaired) electrons. The average Bonchev–Trinajstić information content (AvgIpc) is 2.91. The van der Waals surface area contributed by atoms with Gasteiger partial charge in [-0.15, -0.1) is 5.10 Å². The standard InChI is InChI=1S/C12H15N5O2/c1-3-12(4-2,11(18)19)17-10(14-15-16-17)9-6-5-7-13-8-9/h5-8H,3-4H2,1-2H3,(H,18,19). The quantitative estimate of drug-likeness (QED) is 0.872. The zero-order valence-electron chi connectivity index (χ0n) is 10.8. The van der Waals surface area contributed by atoms with Gasteiger partial charge < -0.3 is 5.11 Å². The first-order chi connectivity index (χ1) is 9.15. The zero-order chi connectivity index (χ0) is 13.9. The smallest absolute Gasteiger partial charge is 0.331 e. The summed E-state index contributed by atoms with van der Waals surface area (Å²) >= 11 is 0. The van der Waals surface area contributed by atoms with Gasteiger partial charge in [0.25, 0.3) is 0 Å². The molecular formula is C12H15N5O2. The molecule has 0 aromatic carbocycles. The fourth-order valence-electron chi connectivity index (χ4n) is 2.09. The molecule has 2 aromatic heterocycles. The van der Waals surface area contributed by atoms with Gasteiger partial charge in [-0.1, -0.05) is 13.8 Å². The van der Waals surface area contributed by atoms with Crippen molar-refractivity contribution in [1.29, 1.82) is 0 Å². The third-order valence-electron chi connectivity index (χ3n) is 3.36. The molecule has 0 amide bonds. The number of aromatic nitrogens is 5. The number of hydrogen-bond acceptors (Lipinski definition) is 5. The Balaban J connectivity index is 2.58. The summed E-state index contributed by atoms with van der Waals surface area (Å²) in [5, 5.41) is 21.0. The van der Waals surface area contributed by atoms with E-state index in [9.17, 15) is 9.90 Å². The highest BCUT2D eigenvalue weighted by Crippen LogP contribution is 2.29. The van der Waals surface area contributed by atoms with Gasteiger partial charge in [0.15, 0.2) is 11.4 Å². The number of tetrazole rings is 1. The number of pyridine rings is 1. The lowest BCUT2D eigenvalue weighted by molar-refractivity contribution is -0.148. The molecular weight excluding hydrogens is 246 g/mol. The Morgan fingerprint density at radius 1 is 1.42 bits per heavy atom. The Labute approximate surface area is 110 Å². The predicted octanol–water partition coefficient (Wildman–Crippen LogP) is 1.33. The summed E-state index contributed by atoms with van der Waals surface area (Å²) in [5.74, 6) is -0.519. The molecule has 0 bridgehead atoms. The lowest BCUT2D eigenvalue weighted by Crippen LogP contribution is -2.42. The largest absolute Gasteiger partial charge is 0.479 e. The Morgan fingerprint density at radius 3 is 2.68 bits per heavy atom. The lowest BCUT2D eigenvalue weighted by atomic mass is 9.93. The van der Waals surface area contributed by atoms with Crippen LogP contribution in [0.4, 0.5) is 0 Å². The highest BCUT2D eigenvalue weighted by molar-refractivity contribution is 5.77. The van der Waals surface area contributed by atoms with Crippen molar-refractivity contribution in [3.8, 4) is 11.4 Å². The molecule has 0 fully saturated rings. The summed E-state index contributed by atoms with van der Waals surface area (Å²) in [6.45, 7) is 3.62. The van der Waals surface area contributed by atoms with Crippen LogP contribution in [0, 0.1) is 0 Å². The minimum absolute atomic E-state index is 0.400. The van der Waals surface area contributed by atoms with Gasteiger partial charge >= 0.3 is 5.97 Å². The lowest BCUT2D eigenvalue weighted by Gasteiger charge is -2.27. The third-order valence-corrected chi connectivity index (χ3v) is 3.36. The maximum Gasteiger partial charge on any atom is 0.331 e. The molecule has 0 saturated heterocycles. The van der Waals surface area contributed by atoms with E-state index in [4.69, 9.17) is 0 Å². The average molecular weight is 261 g/mol. The van der Waals surface area contributed by atoms with E-state index in [2.05, 4.69) is 20.5 Å². The van der Waals surface area contributed by atoms with Gasteiger partial charge in [0.1, 0.15) is 0 Å². The van der Waals surface area contributed by atoms with Crippen LogP contribution in [0.25, 0.3) is 11.4 Å². The van der Waals surface area contributed by atoms with Gasteiger partial charge in [-0.2, -0.15) is 0 Å². The second-order valence-electron chi connectivity index (χ2n) is 4.20. The minimum atomic E-state index is -1.13. The van der Waals surface area contributed by atoms with E-state index in [1.54, 1.807) is 24.5 Å². The summed E-state index contributed by atoms with van der Waals surface area (Å²) in [6, 6.07) is 3.56. The molecule has 0 spiro atoms. The maximum atomic E-state index is 11.6. The van der Waals surface area contributed by atoms with Crippen LogP contribution >= 0.6 is 0 Å². The molecule has 0 aliphatic rings. The van der Waals surface area contributed by atoms with E-state index < -0.39 is 11.5 Å². The molecule has 1 N–H and O–H groups in total. The van der Waals surface area contributed by atoms with Crippen LogP contribution in [-0.4, -0.2) is 36.3 Å². The van der Waals surface area contributed by atoms with Crippen LogP contribution in [0.2, 0.25) is 0 Å². The fourth-order valence-corrected chi connectivity index (χ4v) is 2.09. The van der Waals surface area contributed by atoms with Gasteiger partial charge in [-0.25, -0.2) is 9.48 Å². The van der Waals surface area contributed by atoms with Gasteiger partial charge in [-0.3, -0.25) is 4.98 Å². The summed E-state index contributed by atoms with van der Waals surface area (Å²) in [4.78, 5) is 15.6. The van der Waals surface area contributed by atoms with Crippen LogP contribution in [0.5, 0.6) is 0 Å². The molecule has 2 aromatic rings. The Kier molecular flexibility index (Phi) is 3.55. The first-order valence-corrected chi connectivity index (χ1v) is 6.08.